The normalized spacial score (nSPS) is 14.8. The Balaban J connectivity index is 1.59. The third-order valence-corrected chi connectivity index (χ3v) is 4.70. The van der Waals surface area contributed by atoms with Gasteiger partial charge in [-0.2, -0.15) is 4.98 Å². The van der Waals surface area contributed by atoms with Gasteiger partial charge < -0.3 is 9.84 Å². The maximum absolute atomic E-state index is 14.3. The third-order valence-electron chi connectivity index (χ3n) is 4.41. The van der Waals surface area contributed by atoms with Gasteiger partial charge in [-0.1, -0.05) is 28.9 Å². The second-order valence-electron chi connectivity index (χ2n) is 6.47. The first kappa shape index (κ1) is 17.6. The second-order valence-corrected chi connectivity index (χ2v) is 6.88. The highest BCUT2D eigenvalue weighted by Gasteiger charge is 2.36. The molecule has 0 bridgehead atoms. The Kier molecular flexibility index (Phi) is 4.61. The van der Waals surface area contributed by atoms with Crippen LogP contribution in [0.15, 0.2) is 40.9 Å². The van der Waals surface area contributed by atoms with Crippen LogP contribution in [0.5, 0.6) is 0 Å². The molecule has 0 aliphatic heterocycles. The maximum atomic E-state index is 14.3. The number of benzene rings is 1. The summed E-state index contributed by atoms with van der Waals surface area (Å²) in [6.07, 6.45) is 1.97. The van der Waals surface area contributed by atoms with E-state index in [2.05, 4.69) is 20.4 Å². The molecule has 1 aliphatic carbocycles. The van der Waals surface area contributed by atoms with Crippen molar-refractivity contribution < 1.29 is 13.7 Å². The third kappa shape index (κ3) is 3.68. The van der Waals surface area contributed by atoms with Gasteiger partial charge in [0.1, 0.15) is 5.69 Å². The largest absolute Gasteiger partial charge is 0.340 e. The molecule has 4 rings (SSSR count). The number of hydrogen-bond donors (Lipinski definition) is 1. The standard InChI is InChI=1S/C19H16ClFN4O2/c1-10-22-18(25-27-10)17(11-8-9-11)24-19(26)15-7-3-6-14(23-15)12-4-2-5-13(20)16(12)21/h2-7,11,17H,8-9H2,1H3,(H,24,26). The molecule has 0 spiro atoms. The van der Waals surface area contributed by atoms with Gasteiger partial charge in [0.2, 0.25) is 5.89 Å². The number of nitrogens with zero attached hydrogens (tertiary/aromatic N) is 3. The van der Waals surface area contributed by atoms with Gasteiger partial charge in [0, 0.05) is 12.5 Å². The van der Waals surface area contributed by atoms with Crippen LogP contribution in [0.25, 0.3) is 11.3 Å². The van der Waals surface area contributed by atoms with Gasteiger partial charge in [-0.05, 0) is 43.0 Å². The number of aryl methyl sites for hydroxylation is 1. The number of pyridine rings is 1. The molecule has 138 valence electrons. The van der Waals surface area contributed by atoms with Crippen LogP contribution in [0.2, 0.25) is 5.02 Å². The van der Waals surface area contributed by atoms with Gasteiger partial charge in [0.25, 0.3) is 5.91 Å². The van der Waals surface area contributed by atoms with Crippen molar-refractivity contribution in [2.75, 3.05) is 0 Å². The molecule has 6 nitrogen and oxygen atoms in total. The van der Waals surface area contributed by atoms with Crippen molar-refractivity contribution in [3.05, 3.63) is 64.6 Å². The number of rotatable bonds is 5. The van der Waals surface area contributed by atoms with Crippen LogP contribution < -0.4 is 5.32 Å². The molecule has 1 amide bonds. The van der Waals surface area contributed by atoms with Crippen LogP contribution in [0, 0.1) is 18.7 Å². The topological polar surface area (TPSA) is 80.9 Å². The first-order valence-corrected chi connectivity index (χ1v) is 8.93. The van der Waals surface area contributed by atoms with E-state index in [1.54, 1.807) is 37.3 Å². The minimum atomic E-state index is -0.567. The van der Waals surface area contributed by atoms with Crippen LogP contribution in [-0.2, 0) is 0 Å². The fourth-order valence-electron chi connectivity index (χ4n) is 2.89. The zero-order valence-electron chi connectivity index (χ0n) is 14.4. The predicted octanol–water partition coefficient (Wildman–Crippen LogP) is 4.11. The van der Waals surface area contributed by atoms with Crippen molar-refractivity contribution in [3.63, 3.8) is 0 Å². The first-order valence-electron chi connectivity index (χ1n) is 8.55. The van der Waals surface area contributed by atoms with Gasteiger partial charge in [0.15, 0.2) is 11.6 Å². The molecule has 1 unspecified atom stereocenters. The van der Waals surface area contributed by atoms with Crippen LogP contribution in [0.4, 0.5) is 4.39 Å². The summed E-state index contributed by atoms with van der Waals surface area (Å²) in [5, 5.41) is 6.85. The molecule has 1 N–H and O–H groups in total. The van der Waals surface area contributed by atoms with E-state index in [0.29, 0.717) is 17.4 Å². The zero-order chi connectivity index (χ0) is 19.0. The number of aromatic nitrogens is 3. The van der Waals surface area contributed by atoms with E-state index in [-0.39, 0.29) is 34.1 Å². The molecule has 1 fully saturated rings. The van der Waals surface area contributed by atoms with Crippen molar-refractivity contribution in [1.82, 2.24) is 20.4 Å². The quantitative estimate of drug-likeness (QED) is 0.713. The summed E-state index contributed by atoms with van der Waals surface area (Å²) in [7, 11) is 0. The highest BCUT2D eigenvalue weighted by molar-refractivity contribution is 6.31. The Morgan fingerprint density at radius 3 is 2.74 bits per heavy atom. The summed E-state index contributed by atoms with van der Waals surface area (Å²) in [6, 6.07) is 9.20. The number of carbonyl (C=O) groups is 1. The lowest BCUT2D eigenvalue weighted by Gasteiger charge is -2.14. The predicted molar refractivity (Wildman–Crippen MR) is 96.6 cm³/mol. The fourth-order valence-corrected chi connectivity index (χ4v) is 3.07. The highest BCUT2D eigenvalue weighted by Crippen LogP contribution is 2.40. The number of amides is 1. The lowest BCUT2D eigenvalue weighted by Crippen LogP contribution is -2.31. The SMILES string of the molecule is Cc1nc(C(NC(=O)c2cccc(-c3cccc(Cl)c3F)n2)C2CC2)no1. The van der Waals surface area contributed by atoms with Crippen molar-refractivity contribution in [1.29, 1.82) is 0 Å². The second kappa shape index (κ2) is 7.08. The van der Waals surface area contributed by atoms with Crippen molar-refractivity contribution >= 4 is 17.5 Å². The van der Waals surface area contributed by atoms with Gasteiger partial charge in [0.05, 0.1) is 16.8 Å². The van der Waals surface area contributed by atoms with Crippen LogP contribution in [-0.4, -0.2) is 21.0 Å². The van der Waals surface area contributed by atoms with E-state index in [9.17, 15) is 9.18 Å². The van der Waals surface area contributed by atoms with Gasteiger partial charge in [-0.3, -0.25) is 4.79 Å². The summed E-state index contributed by atoms with van der Waals surface area (Å²) in [6.45, 7) is 1.70. The number of nitrogens with one attached hydrogen (secondary N) is 1. The summed E-state index contributed by atoms with van der Waals surface area (Å²) in [5.41, 5.74) is 0.753. The summed E-state index contributed by atoms with van der Waals surface area (Å²) < 4.78 is 19.3. The molecule has 2 aromatic heterocycles. The Labute approximate surface area is 159 Å². The fraction of sp³-hybridized carbons (Fsp3) is 0.263. The van der Waals surface area contributed by atoms with E-state index in [1.807, 2.05) is 0 Å². The molecule has 0 radical (unpaired) electrons. The lowest BCUT2D eigenvalue weighted by molar-refractivity contribution is 0.0924. The number of halogens is 2. The molecule has 1 atom stereocenters. The molecule has 0 saturated heterocycles. The molecule has 27 heavy (non-hydrogen) atoms. The van der Waals surface area contributed by atoms with Crippen molar-refractivity contribution in [2.24, 2.45) is 5.92 Å². The molecular formula is C19H16ClFN4O2. The number of carbonyl (C=O) groups excluding carboxylic acids is 1. The van der Waals surface area contributed by atoms with Gasteiger partial charge in [-0.25, -0.2) is 9.37 Å². The van der Waals surface area contributed by atoms with Crippen LogP contribution in [0.3, 0.4) is 0 Å². The summed E-state index contributed by atoms with van der Waals surface area (Å²) in [5.74, 6) is 0.238. The zero-order valence-corrected chi connectivity index (χ0v) is 15.2. The molecule has 1 aromatic carbocycles. The lowest BCUT2D eigenvalue weighted by atomic mass is 10.1. The molecule has 1 aliphatic rings. The number of hydrogen-bond acceptors (Lipinski definition) is 5. The minimum Gasteiger partial charge on any atom is -0.340 e. The monoisotopic (exact) mass is 386 g/mol. The molecule has 1 saturated carbocycles. The smallest absolute Gasteiger partial charge is 0.270 e. The Morgan fingerprint density at radius 1 is 1.26 bits per heavy atom. The van der Waals surface area contributed by atoms with E-state index in [4.69, 9.17) is 16.1 Å². The van der Waals surface area contributed by atoms with Gasteiger partial charge >= 0.3 is 0 Å². The van der Waals surface area contributed by atoms with Crippen molar-refractivity contribution in [2.45, 2.75) is 25.8 Å². The van der Waals surface area contributed by atoms with Crippen LogP contribution >= 0.6 is 11.6 Å². The summed E-state index contributed by atoms with van der Waals surface area (Å²) in [4.78, 5) is 21.3. The Bertz CT molecular complexity index is 1000. The molecule has 8 heteroatoms. The average molecular weight is 387 g/mol. The first-order chi connectivity index (χ1) is 13.0. The molecular weight excluding hydrogens is 371 g/mol. The Morgan fingerprint density at radius 2 is 2.04 bits per heavy atom. The maximum Gasteiger partial charge on any atom is 0.270 e. The molecule has 3 aromatic rings. The van der Waals surface area contributed by atoms with E-state index in [0.717, 1.165) is 12.8 Å². The van der Waals surface area contributed by atoms with Crippen molar-refractivity contribution in [3.8, 4) is 11.3 Å². The summed E-state index contributed by atoms with van der Waals surface area (Å²) >= 11 is 5.84. The van der Waals surface area contributed by atoms with Gasteiger partial charge in [-0.15, -0.1) is 0 Å². The van der Waals surface area contributed by atoms with E-state index < -0.39 is 5.82 Å². The van der Waals surface area contributed by atoms with Crippen LogP contribution in [0.1, 0.15) is 41.1 Å². The molecule has 2 heterocycles. The Hall–Kier alpha value is -2.80. The minimum absolute atomic E-state index is 0.00503. The van der Waals surface area contributed by atoms with E-state index in [1.165, 1.54) is 6.07 Å². The highest BCUT2D eigenvalue weighted by atomic mass is 35.5. The average Bonchev–Trinajstić information content (AvgIpc) is 3.42. The van der Waals surface area contributed by atoms with E-state index >= 15 is 0 Å².